The van der Waals surface area contributed by atoms with E-state index in [0.717, 1.165) is 16.6 Å². The smallest absolute Gasteiger partial charge is 0.161 e. The Bertz CT molecular complexity index is 821. The number of aliphatic hydroxyl groups is 1. The average molecular weight is 383 g/mol. The highest BCUT2D eigenvalue weighted by Crippen LogP contribution is 2.19. The van der Waals surface area contributed by atoms with E-state index in [4.69, 9.17) is 4.74 Å². The number of hydrogen-bond acceptors (Lipinski definition) is 3. The summed E-state index contributed by atoms with van der Waals surface area (Å²) in [5.41, 5.74) is 0.761. The maximum atomic E-state index is 13.3. The molecule has 0 aliphatic heterocycles. The third-order valence-corrected chi connectivity index (χ3v) is 3.86. The summed E-state index contributed by atoms with van der Waals surface area (Å²) in [6, 6.07) is 9.33. The van der Waals surface area contributed by atoms with Crippen molar-refractivity contribution >= 4 is 27.0 Å². The fourth-order valence-electron chi connectivity index (χ4n) is 2.20. The van der Waals surface area contributed by atoms with Gasteiger partial charge in [-0.2, -0.15) is 0 Å². The number of benzene rings is 2. The first-order valence-electron chi connectivity index (χ1n) is 6.89. The van der Waals surface area contributed by atoms with Crippen LogP contribution in [0.1, 0.15) is 0 Å². The van der Waals surface area contributed by atoms with Crippen LogP contribution in [-0.2, 0) is 6.54 Å². The van der Waals surface area contributed by atoms with E-state index in [1.165, 1.54) is 6.33 Å². The van der Waals surface area contributed by atoms with Crippen LogP contribution >= 0.6 is 15.9 Å². The van der Waals surface area contributed by atoms with Gasteiger partial charge in [-0.3, -0.25) is 0 Å². The number of nitrogens with zero attached hydrogens (tertiary/aromatic N) is 2. The van der Waals surface area contributed by atoms with Gasteiger partial charge in [0.15, 0.2) is 11.6 Å². The first-order chi connectivity index (χ1) is 11.0. The molecule has 0 saturated carbocycles. The number of aromatic nitrogens is 2. The van der Waals surface area contributed by atoms with Crippen molar-refractivity contribution in [3.05, 3.63) is 58.8 Å². The van der Waals surface area contributed by atoms with E-state index >= 15 is 0 Å². The van der Waals surface area contributed by atoms with Gasteiger partial charge in [-0.15, -0.1) is 0 Å². The summed E-state index contributed by atoms with van der Waals surface area (Å²) in [6.45, 7) is 0.239. The van der Waals surface area contributed by atoms with Gasteiger partial charge in [-0.1, -0.05) is 15.9 Å². The zero-order chi connectivity index (χ0) is 16.4. The zero-order valence-electron chi connectivity index (χ0n) is 11.9. The molecule has 0 fully saturated rings. The summed E-state index contributed by atoms with van der Waals surface area (Å²) in [6.07, 6.45) is 0.621. The minimum atomic E-state index is -0.945. The van der Waals surface area contributed by atoms with Crippen molar-refractivity contribution < 1.29 is 18.6 Å². The number of imidazole rings is 1. The van der Waals surface area contributed by atoms with Crippen molar-refractivity contribution in [3.8, 4) is 5.75 Å². The Morgan fingerprint density at radius 3 is 2.61 bits per heavy atom. The third kappa shape index (κ3) is 3.68. The Labute approximate surface area is 139 Å². The molecular formula is C16H13BrF2N2O2. The molecule has 120 valence electrons. The van der Waals surface area contributed by atoms with E-state index in [2.05, 4.69) is 20.9 Å². The van der Waals surface area contributed by atoms with E-state index in [-0.39, 0.29) is 13.2 Å². The van der Waals surface area contributed by atoms with Crippen LogP contribution < -0.4 is 4.74 Å². The monoisotopic (exact) mass is 382 g/mol. The molecule has 4 nitrogen and oxygen atoms in total. The number of fused-ring (bicyclic) bond motifs is 1. The van der Waals surface area contributed by atoms with Crippen LogP contribution in [-0.4, -0.2) is 27.4 Å². The number of ether oxygens (including phenoxy) is 1. The fourth-order valence-corrected chi connectivity index (χ4v) is 2.47. The predicted octanol–water partition coefficient (Wildman–Crippen LogP) is 3.52. The van der Waals surface area contributed by atoms with Crippen LogP contribution in [0.4, 0.5) is 8.78 Å². The number of rotatable bonds is 5. The number of hydrogen-bond donors (Lipinski definition) is 1. The molecule has 0 aliphatic carbocycles. The molecule has 3 aromatic rings. The fraction of sp³-hybridized carbons (Fsp3) is 0.188. The summed E-state index contributed by atoms with van der Waals surface area (Å²) >= 11 is 3.33. The number of aliphatic hydroxyl groups excluding tert-OH is 1. The topological polar surface area (TPSA) is 47.3 Å². The Morgan fingerprint density at radius 1 is 1.17 bits per heavy atom. The lowest BCUT2D eigenvalue weighted by Crippen LogP contribution is -2.23. The normalized spacial score (nSPS) is 12.5. The molecule has 2 aromatic carbocycles. The van der Waals surface area contributed by atoms with E-state index in [0.29, 0.717) is 16.8 Å². The summed E-state index contributed by atoms with van der Waals surface area (Å²) in [5.74, 6) is -1.25. The van der Waals surface area contributed by atoms with Crippen LogP contribution in [0, 0.1) is 11.6 Å². The average Bonchev–Trinajstić information content (AvgIpc) is 2.89. The van der Waals surface area contributed by atoms with Crippen molar-refractivity contribution in [2.45, 2.75) is 12.6 Å². The molecule has 1 atom stereocenters. The molecule has 0 radical (unpaired) electrons. The quantitative estimate of drug-likeness (QED) is 0.734. The number of halogens is 3. The van der Waals surface area contributed by atoms with Gasteiger partial charge in [0.1, 0.15) is 18.5 Å². The molecule has 0 saturated heterocycles. The standard InChI is InChI=1S/C16H13BrF2N2O2/c17-10-1-3-12(4-2-10)23-8-11(22)7-21-9-20-15-5-13(18)14(19)6-16(15)21/h1-6,9,11,22H,7-8H2. The molecule has 1 heterocycles. The van der Waals surface area contributed by atoms with Gasteiger partial charge in [-0.05, 0) is 24.3 Å². The SMILES string of the molecule is OC(COc1ccc(Br)cc1)Cn1cnc2cc(F)c(F)cc21. The van der Waals surface area contributed by atoms with Gasteiger partial charge >= 0.3 is 0 Å². The van der Waals surface area contributed by atoms with Gasteiger partial charge in [-0.25, -0.2) is 13.8 Å². The van der Waals surface area contributed by atoms with Crippen LogP contribution in [0.25, 0.3) is 11.0 Å². The minimum absolute atomic E-state index is 0.0744. The van der Waals surface area contributed by atoms with Gasteiger partial charge in [0.25, 0.3) is 0 Å². The second kappa shape index (κ2) is 6.64. The first kappa shape index (κ1) is 15.9. The first-order valence-corrected chi connectivity index (χ1v) is 7.68. The van der Waals surface area contributed by atoms with E-state index in [1.807, 2.05) is 12.1 Å². The second-order valence-corrected chi connectivity index (χ2v) is 5.99. The molecule has 7 heteroatoms. The second-order valence-electron chi connectivity index (χ2n) is 5.07. The molecule has 3 rings (SSSR count). The van der Waals surface area contributed by atoms with Crippen molar-refractivity contribution in [1.82, 2.24) is 9.55 Å². The van der Waals surface area contributed by atoms with E-state index < -0.39 is 17.7 Å². The van der Waals surface area contributed by atoms with Gasteiger partial charge < -0.3 is 14.4 Å². The highest BCUT2D eigenvalue weighted by molar-refractivity contribution is 9.10. The zero-order valence-corrected chi connectivity index (χ0v) is 13.5. The third-order valence-electron chi connectivity index (χ3n) is 3.33. The molecule has 1 aromatic heterocycles. The molecular weight excluding hydrogens is 370 g/mol. The summed E-state index contributed by atoms with van der Waals surface area (Å²) in [5, 5.41) is 10.1. The Kier molecular flexibility index (Phi) is 4.58. The van der Waals surface area contributed by atoms with Crippen LogP contribution in [0.2, 0.25) is 0 Å². The molecule has 0 spiro atoms. The summed E-state index contributed by atoms with van der Waals surface area (Å²) < 4.78 is 34.5. The van der Waals surface area contributed by atoms with Gasteiger partial charge in [0.05, 0.1) is 23.9 Å². The molecule has 0 amide bonds. The Morgan fingerprint density at radius 2 is 1.87 bits per heavy atom. The minimum Gasteiger partial charge on any atom is -0.491 e. The van der Waals surface area contributed by atoms with Crippen LogP contribution in [0.3, 0.4) is 0 Å². The predicted molar refractivity (Wildman–Crippen MR) is 85.3 cm³/mol. The Hall–Kier alpha value is -1.99. The molecule has 0 aliphatic rings. The molecule has 1 unspecified atom stereocenters. The lowest BCUT2D eigenvalue weighted by atomic mass is 10.3. The van der Waals surface area contributed by atoms with Crippen molar-refractivity contribution in [1.29, 1.82) is 0 Å². The van der Waals surface area contributed by atoms with Gasteiger partial charge in [0, 0.05) is 16.6 Å². The highest BCUT2D eigenvalue weighted by atomic mass is 79.9. The maximum Gasteiger partial charge on any atom is 0.161 e. The van der Waals surface area contributed by atoms with Crippen molar-refractivity contribution in [2.75, 3.05) is 6.61 Å². The van der Waals surface area contributed by atoms with E-state index in [1.54, 1.807) is 16.7 Å². The molecule has 0 bridgehead atoms. The summed E-state index contributed by atoms with van der Waals surface area (Å²) in [4.78, 5) is 4.00. The van der Waals surface area contributed by atoms with E-state index in [9.17, 15) is 13.9 Å². The van der Waals surface area contributed by atoms with Crippen LogP contribution in [0.15, 0.2) is 47.2 Å². The lowest BCUT2D eigenvalue weighted by molar-refractivity contribution is 0.0934. The van der Waals surface area contributed by atoms with Crippen molar-refractivity contribution in [2.24, 2.45) is 0 Å². The highest BCUT2D eigenvalue weighted by Gasteiger charge is 2.12. The van der Waals surface area contributed by atoms with Crippen LogP contribution in [0.5, 0.6) is 5.75 Å². The largest absolute Gasteiger partial charge is 0.491 e. The molecule has 1 N–H and O–H groups in total. The lowest BCUT2D eigenvalue weighted by Gasteiger charge is -2.13. The van der Waals surface area contributed by atoms with Gasteiger partial charge in [0.2, 0.25) is 0 Å². The Balaban J connectivity index is 1.67. The van der Waals surface area contributed by atoms with Crippen molar-refractivity contribution in [3.63, 3.8) is 0 Å². The molecule has 23 heavy (non-hydrogen) atoms. The maximum absolute atomic E-state index is 13.3. The summed E-state index contributed by atoms with van der Waals surface area (Å²) in [7, 11) is 0.